The van der Waals surface area contributed by atoms with E-state index in [4.69, 9.17) is 4.74 Å². The first-order chi connectivity index (χ1) is 13.0. The van der Waals surface area contributed by atoms with Gasteiger partial charge in [-0.2, -0.15) is 0 Å². The molecule has 1 atom stereocenters. The van der Waals surface area contributed by atoms with Gasteiger partial charge in [0.05, 0.1) is 11.5 Å². The van der Waals surface area contributed by atoms with Gasteiger partial charge < -0.3 is 10.1 Å². The number of fused-ring (bicyclic) bond motifs is 1. The van der Waals surface area contributed by atoms with Crippen LogP contribution in [0.2, 0.25) is 0 Å². The van der Waals surface area contributed by atoms with Gasteiger partial charge in [0.25, 0.3) is 0 Å². The number of benzene rings is 2. The summed E-state index contributed by atoms with van der Waals surface area (Å²) >= 11 is 0. The van der Waals surface area contributed by atoms with Crippen LogP contribution in [0.5, 0.6) is 5.75 Å². The molecule has 27 heavy (non-hydrogen) atoms. The average molecular weight is 385 g/mol. The topological polar surface area (TPSA) is 80.3 Å². The van der Waals surface area contributed by atoms with E-state index < -0.39 is 10.0 Å². The SMILES string of the molecule is CCOc1ccc(NC[C@@H](C)NS(=O)(=O)c2ccc3cnccc3c2)cc1. The molecule has 1 heterocycles. The van der Waals surface area contributed by atoms with E-state index in [0.717, 1.165) is 22.2 Å². The predicted octanol–water partition coefficient (Wildman–Crippen LogP) is 3.41. The quantitative estimate of drug-likeness (QED) is 0.621. The van der Waals surface area contributed by atoms with Crippen LogP contribution >= 0.6 is 0 Å². The largest absolute Gasteiger partial charge is 0.494 e. The minimum Gasteiger partial charge on any atom is -0.494 e. The summed E-state index contributed by atoms with van der Waals surface area (Å²) in [5, 5.41) is 4.97. The molecule has 0 aliphatic carbocycles. The number of rotatable bonds is 8. The third-order valence-corrected chi connectivity index (χ3v) is 5.64. The second-order valence-corrected chi connectivity index (χ2v) is 7.96. The number of nitrogens with zero attached hydrogens (tertiary/aromatic N) is 1. The third kappa shape index (κ3) is 4.96. The summed E-state index contributed by atoms with van der Waals surface area (Å²) in [6.45, 7) is 4.85. The van der Waals surface area contributed by atoms with Crippen LogP contribution in [0, 0.1) is 0 Å². The van der Waals surface area contributed by atoms with Gasteiger partial charge in [-0.1, -0.05) is 6.07 Å². The Labute approximate surface area is 159 Å². The molecule has 0 saturated heterocycles. The Hall–Kier alpha value is -2.64. The molecule has 0 saturated carbocycles. The Morgan fingerprint density at radius 3 is 2.59 bits per heavy atom. The lowest BCUT2D eigenvalue weighted by atomic mass is 10.2. The summed E-state index contributed by atoms with van der Waals surface area (Å²) in [5.74, 6) is 0.809. The van der Waals surface area contributed by atoms with Crippen molar-refractivity contribution < 1.29 is 13.2 Å². The third-order valence-electron chi connectivity index (χ3n) is 4.06. The van der Waals surface area contributed by atoms with Crippen LogP contribution in [0.4, 0.5) is 5.69 Å². The van der Waals surface area contributed by atoms with Crippen LogP contribution in [-0.2, 0) is 10.0 Å². The molecule has 1 aromatic heterocycles. The minimum atomic E-state index is -3.60. The van der Waals surface area contributed by atoms with E-state index in [1.165, 1.54) is 0 Å². The Bertz CT molecular complexity index is 1000. The zero-order valence-corrected chi connectivity index (χ0v) is 16.2. The lowest BCUT2D eigenvalue weighted by molar-refractivity contribution is 0.340. The van der Waals surface area contributed by atoms with Gasteiger partial charge in [0.1, 0.15) is 5.75 Å². The molecule has 2 N–H and O–H groups in total. The molecule has 0 aliphatic rings. The molecule has 0 spiro atoms. The van der Waals surface area contributed by atoms with Gasteiger partial charge in [-0.3, -0.25) is 4.98 Å². The van der Waals surface area contributed by atoms with Crippen molar-refractivity contribution in [3.8, 4) is 5.75 Å². The monoisotopic (exact) mass is 385 g/mol. The summed E-state index contributed by atoms with van der Waals surface area (Å²) in [4.78, 5) is 4.29. The van der Waals surface area contributed by atoms with Crippen molar-refractivity contribution in [2.75, 3.05) is 18.5 Å². The molecular formula is C20H23N3O3S. The molecule has 0 fully saturated rings. The van der Waals surface area contributed by atoms with Crippen molar-refractivity contribution in [3.63, 3.8) is 0 Å². The zero-order valence-electron chi connectivity index (χ0n) is 15.3. The van der Waals surface area contributed by atoms with Crippen molar-refractivity contribution in [1.82, 2.24) is 9.71 Å². The number of hydrogen-bond acceptors (Lipinski definition) is 5. The number of hydrogen-bond donors (Lipinski definition) is 2. The molecule has 0 radical (unpaired) electrons. The van der Waals surface area contributed by atoms with E-state index in [1.807, 2.05) is 38.1 Å². The molecule has 0 aliphatic heterocycles. The number of aromatic nitrogens is 1. The number of pyridine rings is 1. The number of sulfonamides is 1. The van der Waals surface area contributed by atoms with Crippen molar-refractivity contribution in [1.29, 1.82) is 0 Å². The van der Waals surface area contributed by atoms with Gasteiger partial charge in [-0.15, -0.1) is 0 Å². The lowest BCUT2D eigenvalue weighted by Gasteiger charge is -2.16. The van der Waals surface area contributed by atoms with Crippen LogP contribution in [0.3, 0.4) is 0 Å². The van der Waals surface area contributed by atoms with Crippen molar-refractivity contribution in [2.45, 2.75) is 24.8 Å². The molecule has 6 nitrogen and oxygen atoms in total. The smallest absolute Gasteiger partial charge is 0.240 e. The van der Waals surface area contributed by atoms with E-state index in [0.29, 0.717) is 13.2 Å². The summed E-state index contributed by atoms with van der Waals surface area (Å²) in [6.07, 6.45) is 3.36. The predicted molar refractivity (Wildman–Crippen MR) is 108 cm³/mol. The van der Waals surface area contributed by atoms with E-state index in [2.05, 4.69) is 15.0 Å². The Kier molecular flexibility index (Phi) is 5.93. The molecular weight excluding hydrogens is 362 g/mol. The van der Waals surface area contributed by atoms with Crippen LogP contribution in [0.15, 0.2) is 65.8 Å². The Morgan fingerprint density at radius 1 is 1.07 bits per heavy atom. The normalized spacial score (nSPS) is 12.7. The fourth-order valence-corrected chi connectivity index (χ4v) is 3.99. The van der Waals surface area contributed by atoms with Gasteiger partial charge in [0, 0.05) is 36.1 Å². The molecule has 3 aromatic rings. The van der Waals surface area contributed by atoms with Gasteiger partial charge >= 0.3 is 0 Å². The highest BCUT2D eigenvalue weighted by Gasteiger charge is 2.17. The summed E-state index contributed by atoms with van der Waals surface area (Å²) in [5.41, 5.74) is 0.905. The summed E-state index contributed by atoms with van der Waals surface area (Å²) < 4.78 is 33.4. The van der Waals surface area contributed by atoms with Crippen LogP contribution in [-0.4, -0.2) is 32.6 Å². The first kappa shape index (κ1) is 19.1. The first-order valence-electron chi connectivity index (χ1n) is 8.81. The molecule has 0 amide bonds. The van der Waals surface area contributed by atoms with Crippen LogP contribution in [0.25, 0.3) is 10.8 Å². The zero-order chi connectivity index (χ0) is 19.3. The van der Waals surface area contributed by atoms with Gasteiger partial charge in [0.2, 0.25) is 10.0 Å². The second kappa shape index (κ2) is 8.37. The highest BCUT2D eigenvalue weighted by molar-refractivity contribution is 7.89. The number of ether oxygens (including phenoxy) is 1. The maximum Gasteiger partial charge on any atom is 0.240 e. The molecule has 142 valence electrons. The molecule has 0 bridgehead atoms. The van der Waals surface area contributed by atoms with Crippen molar-refractivity contribution >= 4 is 26.5 Å². The van der Waals surface area contributed by atoms with Crippen molar-refractivity contribution in [3.05, 3.63) is 60.9 Å². The lowest BCUT2D eigenvalue weighted by Crippen LogP contribution is -2.37. The van der Waals surface area contributed by atoms with Crippen LogP contribution < -0.4 is 14.8 Å². The summed E-state index contributed by atoms with van der Waals surface area (Å²) in [6, 6.07) is 14.1. The molecule has 2 aromatic carbocycles. The Morgan fingerprint density at radius 2 is 1.85 bits per heavy atom. The molecule has 0 unspecified atom stereocenters. The molecule has 7 heteroatoms. The van der Waals surface area contributed by atoms with Gasteiger partial charge in [-0.05, 0) is 61.7 Å². The van der Waals surface area contributed by atoms with Gasteiger partial charge in [-0.25, -0.2) is 13.1 Å². The van der Waals surface area contributed by atoms with Gasteiger partial charge in [0.15, 0.2) is 0 Å². The first-order valence-corrected chi connectivity index (χ1v) is 10.3. The molecule has 3 rings (SSSR count). The fourth-order valence-electron chi connectivity index (χ4n) is 2.71. The van der Waals surface area contributed by atoms with E-state index in [1.54, 1.807) is 36.7 Å². The average Bonchev–Trinajstić information content (AvgIpc) is 2.67. The Balaban J connectivity index is 1.62. The fraction of sp³-hybridized carbons (Fsp3) is 0.250. The highest BCUT2D eigenvalue weighted by Crippen LogP contribution is 2.19. The maximum atomic E-state index is 12.6. The second-order valence-electron chi connectivity index (χ2n) is 6.25. The van der Waals surface area contributed by atoms with E-state index >= 15 is 0 Å². The maximum absolute atomic E-state index is 12.6. The van der Waals surface area contributed by atoms with Crippen molar-refractivity contribution in [2.24, 2.45) is 0 Å². The number of anilines is 1. The van der Waals surface area contributed by atoms with E-state index in [9.17, 15) is 8.42 Å². The minimum absolute atomic E-state index is 0.245. The summed E-state index contributed by atoms with van der Waals surface area (Å²) in [7, 11) is -3.60. The highest BCUT2D eigenvalue weighted by atomic mass is 32.2. The standard InChI is InChI=1S/C20H23N3O3S/c1-3-26-19-7-5-18(6-8-19)22-13-15(2)23-27(24,25)20-9-4-17-14-21-11-10-16(17)12-20/h4-12,14-15,22-23H,3,13H2,1-2H3/t15-/m1/s1. The van der Waals surface area contributed by atoms with E-state index in [-0.39, 0.29) is 10.9 Å². The van der Waals surface area contributed by atoms with Crippen LogP contribution in [0.1, 0.15) is 13.8 Å². The number of nitrogens with one attached hydrogen (secondary N) is 2.